The highest BCUT2D eigenvalue weighted by Gasteiger charge is 2.22. The number of nitrogens with zero attached hydrogens (tertiary/aromatic N) is 1. The van der Waals surface area contributed by atoms with Crippen molar-refractivity contribution in [2.24, 2.45) is 5.73 Å². The second-order valence-corrected chi connectivity index (χ2v) is 5.36. The molecule has 1 aliphatic heterocycles. The zero-order chi connectivity index (χ0) is 13.0. The molecule has 3 N–H and O–H groups in total. The highest BCUT2D eigenvalue weighted by Crippen LogP contribution is 2.23. The van der Waals surface area contributed by atoms with E-state index in [1.807, 2.05) is 12.1 Å². The molecule has 1 aromatic carbocycles. The first-order valence-corrected chi connectivity index (χ1v) is 6.96. The molecular weight excluding hydrogens is 294 g/mol. The van der Waals surface area contributed by atoms with Crippen LogP contribution < -0.4 is 11.1 Å². The Bertz CT molecular complexity index is 424. The monoisotopic (exact) mass is 311 g/mol. The summed E-state index contributed by atoms with van der Waals surface area (Å²) in [7, 11) is 0. The van der Waals surface area contributed by atoms with E-state index >= 15 is 0 Å². The highest BCUT2D eigenvalue weighted by molar-refractivity contribution is 9.10. The van der Waals surface area contributed by atoms with E-state index in [0.717, 1.165) is 17.6 Å². The number of rotatable bonds is 3. The smallest absolute Gasteiger partial charge is 0.221 e. The second kappa shape index (κ2) is 6.31. The van der Waals surface area contributed by atoms with E-state index in [-0.39, 0.29) is 11.9 Å². The zero-order valence-electron chi connectivity index (χ0n) is 10.2. The lowest BCUT2D eigenvalue weighted by molar-refractivity contribution is -0.120. The zero-order valence-corrected chi connectivity index (χ0v) is 11.8. The van der Waals surface area contributed by atoms with Crippen LogP contribution in [0.15, 0.2) is 28.7 Å². The number of halogens is 1. The van der Waals surface area contributed by atoms with E-state index < -0.39 is 0 Å². The minimum atomic E-state index is 0.127. The van der Waals surface area contributed by atoms with E-state index in [1.54, 1.807) is 0 Å². The molecule has 18 heavy (non-hydrogen) atoms. The van der Waals surface area contributed by atoms with Crippen LogP contribution in [0.3, 0.4) is 0 Å². The van der Waals surface area contributed by atoms with Crippen LogP contribution in [-0.2, 0) is 4.79 Å². The van der Waals surface area contributed by atoms with Gasteiger partial charge in [0.15, 0.2) is 0 Å². The predicted molar refractivity (Wildman–Crippen MR) is 75.1 cm³/mol. The van der Waals surface area contributed by atoms with Crippen LogP contribution in [0.5, 0.6) is 0 Å². The van der Waals surface area contributed by atoms with Crippen molar-refractivity contribution in [3.8, 4) is 0 Å². The average Bonchev–Trinajstić information content (AvgIpc) is 2.56. The summed E-state index contributed by atoms with van der Waals surface area (Å²) in [6, 6.07) is 8.38. The van der Waals surface area contributed by atoms with Crippen LogP contribution in [0.4, 0.5) is 0 Å². The maximum atomic E-state index is 11.4. The van der Waals surface area contributed by atoms with E-state index in [1.165, 1.54) is 5.56 Å². The van der Waals surface area contributed by atoms with Gasteiger partial charge in [0.2, 0.25) is 5.91 Å². The first kappa shape index (κ1) is 13.5. The third-order valence-electron chi connectivity index (χ3n) is 3.24. The maximum Gasteiger partial charge on any atom is 0.221 e. The van der Waals surface area contributed by atoms with Gasteiger partial charge in [-0.3, -0.25) is 9.69 Å². The molecule has 0 radical (unpaired) electrons. The van der Waals surface area contributed by atoms with Crippen molar-refractivity contribution in [2.75, 3.05) is 26.2 Å². The summed E-state index contributed by atoms with van der Waals surface area (Å²) >= 11 is 3.48. The Morgan fingerprint density at radius 1 is 1.44 bits per heavy atom. The molecule has 0 aromatic heterocycles. The maximum absolute atomic E-state index is 11.4. The number of hydrogen-bond donors (Lipinski definition) is 2. The van der Waals surface area contributed by atoms with Crippen molar-refractivity contribution in [2.45, 2.75) is 12.5 Å². The van der Waals surface area contributed by atoms with Gasteiger partial charge in [0.1, 0.15) is 0 Å². The van der Waals surface area contributed by atoms with Crippen LogP contribution in [0, 0.1) is 0 Å². The Kier molecular flexibility index (Phi) is 4.74. The lowest BCUT2D eigenvalue weighted by atomic mass is 10.1. The molecule has 1 unspecified atom stereocenters. The molecule has 1 saturated heterocycles. The van der Waals surface area contributed by atoms with Crippen LogP contribution in [0.2, 0.25) is 0 Å². The first-order chi connectivity index (χ1) is 8.70. The number of carbonyl (C=O) groups is 1. The van der Waals surface area contributed by atoms with E-state index in [4.69, 9.17) is 5.73 Å². The first-order valence-electron chi connectivity index (χ1n) is 6.17. The Morgan fingerprint density at radius 3 is 3.00 bits per heavy atom. The van der Waals surface area contributed by atoms with Gasteiger partial charge in [-0.1, -0.05) is 28.1 Å². The van der Waals surface area contributed by atoms with Gasteiger partial charge in [-0.2, -0.15) is 0 Å². The molecule has 2 rings (SSSR count). The third kappa shape index (κ3) is 3.31. The quantitative estimate of drug-likeness (QED) is 0.884. The third-order valence-corrected chi connectivity index (χ3v) is 3.74. The molecule has 0 aliphatic carbocycles. The van der Waals surface area contributed by atoms with Gasteiger partial charge in [0.05, 0.1) is 0 Å². The topological polar surface area (TPSA) is 58.4 Å². The fraction of sp³-hybridized carbons (Fsp3) is 0.462. The van der Waals surface area contributed by atoms with Gasteiger partial charge in [0, 0.05) is 43.1 Å². The van der Waals surface area contributed by atoms with E-state index in [9.17, 15) is 4.79 Å². The number of hydrogen-bond acceptors (Lipinski definition) is 3. The van der Waals surface area contributed by atoms with Crippen molar-refractivity contribution in [3.05, 3.63) is 34.3 Å². The summed E-state index contributed by atoms with van der Waals surface area (Å²) in [6.07, 6.45) is 0.546. The number of nitrogens with two attached hydrogens (primary N) is 1. The van der Waals surface area contributed by atoms with Crippen molar-refractivity contribution in [1.82, 2.24) is 10.2 Å². The van der Waals surface area contributed by atoms with Crippen LogP contribution in [0.1, 0.15) is 18.0 Å². The number of amides is 1. The molecule has 0 bridgehead atoms. The summed E-state index contributed by atoms with van der Waals surface area (Å²) in [6.45, 7) is 2.87. The van der Waals surface area contributed by atoms with Crippen LogP contribution in [-0.4, -0.2) is 37.0 Å². The SMILES string of the molecule is NCC(c1cccc(Br)c1)N1CCNC(=O)CC1. The fourth-order valence-corrected chi connectivity index (χ4v) is 2.72. The Labute approximate surface area is 116 Å². The largest absolute Gasteiger partial charge is 0.355 e. The normalized spacial score (nSPS) is 19.1. The van der Waals surface area contributed by atoms with Gasteiger partial charge in [0.25, 0.3) is 0 Å². The molecule has 1 aliphatic rings. The lowest BCUT2D eigenvalue weighted by Crippen LogP contribution is -2.36. The summed E-state index contributed by atoms with van der Waals surface area (Å²) in [4.78, 5) is 13.6. The summed E-state index contributed by atoms with van der Waals surface area (Å²) in [5, 5.41) is 2.89. The van der Waals surface area contributed by atoms with Crippen LogP contribution >= 0.6 is 15.9 Å². The number of nitrogens with one attached hydrogen (secondary N) is 1. The van der Waals surface area contributed by atoms with Gasteiger partial charge >= 0.3 is 0 Å². The molecule has 4 nitrogen and oxygen atoms in total. The van der Waals surface area contributed by atoms with Crippen molar-refractivity contribution in [1.29, 1.82) is 0 Å². The molecule has 1 amide bonds. The molecule has 98 valence electrons. The molecule has 1 aromatic rings. The second-order valence-electron chi connectivity index (χ2n) is 4.44. The van der Waals surface area contributed by atoms with Gasteiger partial charge < -0.3 is 11.1 Å². The minimum absolute atomic E-state index is 0.127. The number of carbonyl (C=O) groups excluding carboxylic acids is 1. The average molecular weight is 312 g/mol. The van der Waals surface area contributed by atoms with E-state index in [0.29, 0.717) is 19.5 Å². The molecule has 5 heteroatoms. The highest BCUT2D eigenvalue weighted by atomic mass is 79.9. The minimum Gasteiger partial charge on any atom is -0.355 e. The van der Waals surface area contributed by atoms with Crippen LogP contribution in [0.25, 0.3) is 0 Å². The predicted octanol–water partition coefficient (Wildman–Crippen LogP) is 1.27. The molecule has 0 saturated carbocycles. The fourth-order valence-electron chi connectivity index (χ4n) is 2.31. The number of benzene rings is 1. The van der Waals surface area contributed by atoms with Crippen molar-refractivity contribution < 1.29 is 4.79 Å². The Morgan fingerprint density at radius 2 is 2.28 bits per heavy atom. The molecule has 1 fully saturated rings. The molecule has 1 heterocycles. The summed E-state index contributed by atoms with van der Waals surface area (Å²) < 4.78 is 1.06. The summed E-state index contributed by atoms with van der Waals surface area (Å²) in [5.74, 6) is 0.127. The molecule has 0 spiro atoms. The van der Waals surface area contributed by atoms with E-state index in [2.05, 4.69) is 38.3 Å². The van der Waals surface area contributed by atoms with Crippen molar-refractivity contribution >= 4 is 21.8 Å². The Hall–Kier alpha value is -0.910. The van der Waals surface area contributed by atoms with Gasteiger partial charge in [-0.15, -0.1) is 0 Å². The molecular formula is C13H18BrN3O. The van der Waals surface area contributed by atoms with Gasteiger partial charge in [-0.05, 0) is 17.7 Å². The standard InChI is InChI=1S/C13H18BrN3O/c14-11-3-1-2-10(8-11)12(9-15)17-6-4-13(18)16-5-7-17/h1-3,8,12H,4-7,9,15H2,(H,16,18). The van der Waals surface area contributed by atoms with Gasteiger partial charge in [-0.25, -0.2) is 0 Å². The Balaban J connectivity index is 2.14. The molecule has 1 atom stereocenters. The lowest BCUT2D eigenvalue weighted by Gasteiger charge is -2.29. The van der Waals surface area contributed by atoms with Crippen molar-refractivity contribution in [3.63, 3.8) is 0 Å². The summed E-state index contributed by atoms with van der Waals surface area (Å²) in [5.41, 5.74) is 7.10.